The molecule has 0 saturated heterocycles. The molecule has 7 heteroatoms. The van der Waals surface area contributed by atoms with Crippen molar-refractivity contribution >= 4 is 29.3 Å². The van der Waals surface area contributed by atoms with Crippen LogP contribution in [0.1, 0.15) is 17.3 Å². The van der Waals surface area contributed by atoms with Crippen molar-refractivity contribution in [2.24, 2.45) is 0 Å². The average Bonchev–Trinajstić information content (AvgIpc) is 2.12. The number of esters is 1. The lowest BCUT2D eigenvalue weighted by molar-refractivity contribution is -0.132. The Kier molecular flexibility index (Phi) is 4.82. The molecule has 83 valence electrons. The summed E-state index contributed by atoms with van der Waals surface area (Å²) in [4.78, 5) is 21.3. The topological polar surface area (TPSA) is 104 Å². The van der Waals surface area contributed by atoms with Crippen LogP contribution in [-0.2, 0) is 4.79 Å². The molecule has 0 aliphatic heterocycles. The summed E-state index contributed by atoms with van der Waals surface area (Å²) in [7, 11) is 0. The van der Waals surface area contributed by atoms with E-state index in [1.54, 1.807) is 0 Å². The fourth-order valence-electron chi connectivity index (χ4n) is 0.976. The number of phenols is 2. The van der Waals surface area contributed by atoms with Crippen LogP contribution in [0.5, 0.6) is 17.2 Å². The molecule has 1 rings (SSSR count). The van der Waals surface area contributed by atoms with Gasteiger partial charge in [-0.25, -0.2) is 4.79 Å². The van der Waals surface area contributed by atoms with Crippen molar-refractivity contribution in [2.75, 3.05) is 0 Å². The maximum Gasteiger partial charge on any atom is 0.339 e. The van der Waals surface area contributed by atoms with Gasteiger partial charge in [-0.2, -0.15) is 0 Å². The van der Waals surface area contributed by atoms with Gasteiger partial charge in [0.25, 0.3) is 0 Å². The highest BCUT2D eigenvalue weighted by Crippen LogP contribution is 2.38. The zero-order valence-electron chi connectivity index (χ0n) is 8.30. The first-order valence-corrected chi connectivity index (χ1v) is 3.90. The minimum atomic E-state index is -1.37. The lowest BCUT2D eigenvalue weighted by Gasteiger charge is -2.08. The number of ether oxygens (including phenoxy) is 1. The predicted molar refractivity (Wildman–Crippen MR) is 53.8 cm³/mol. The van der Waals surface area contributed by atoms with Crippen molar-refractivity contribution in [1.82, 2.24) is 0 Å². The van der Waals surface area contributed by atoms with E-state index in [9.17, 15) is 14.7 Å². The summed E-state index contributed by atoms with van der Waals surface area (Å²) < 4.78 is 4.49. The number of aromatic hydroxyl groups is 2. The first-order chi connectivity index (χ1) is 6.93. The van der Waals surface area contributed by atoms with E-state index in [1.165, 1.54) is 0 Å². The summed E-state index contributed by atoms with van der Waals surface area (Å²) in [6, 6.07) is 2.02. The average molecular weight is 239 g/mol. The third-order valence-electron chi connectivity index (χ3n) is 1.59. The van der Waals surface area contributed by atoms with E-state index < -0.39 is 34.8 Å². The van der Waals surface area contributed by atoms with Crippen LogP contribution in [0.25, 0.3) is 0 Å². The van der Waals surface area contributed by atoms with Gasteiger partial charge in [-0.1, -0.05) is 0 Å². The van der Waals surface area contributed by atoms with E-state index in [0.717, 1.165) is 19.1 Å². The van der Waals surface area contributed by atoms with Gasteiger partial charge in [-0.3, -0.25) is 4.79 Å². The molecule has 0 bridgehead atoms. The summed E-state index contributed by atoms with van der Waals surface area (Å²) in [5.41, 5.74) is -0.402. The number of benzene rings is 1. The normalized spacial score (nSPS) is 9.06. The van der Waals surface area contributed by atoms with Crippen molar-refractivity contribution in [3.05, 3.63) is 17.7 Å². The Morgan fingerprint density at radius 2 is 1.81 bits per heavy atom. The van der Waals surface area contributed by atoms with Crippen LogP contribution in [-0.4, -0.2) is 44.6 Å². The lowest BCUT2D eigenvalue weighted by atomic mass is 10.1. The molecule has 3 N–H and O–H groups in total. The van der Waals surface area contributed by atoms with Gasteiger partial charge in [-0.05, 0) is 12.1 Å². The van der Waals surface area contributed by atoms with Crippen LogP contribution >= 0.6 is 0 Å². The molecule has 0 aromatic heterocycles. The number of hydrogen-bond donors (Lipinski definition) is 3. The second-order valence-corrected chi connectivity index (χ2v) is 2.71. The second-order valence-electron chi connectivity index (χ2n) is 2.71. The van der Waals surface area contributed by atoms with Gasteiger partial charge in [0.05, 0.1) is 0 Å². The maximum atomic E-state index is 10.7. The minimum Gasteiger partial charge on any atom is -0.504 e. The Bertz CT molecular complexity index is 428. The summed E-state index contributed by atoms with van der Waals surface area (Å²) in [6.07, 6.45) is 0. The van der Waals surface area contributed by atoms with Crippen molar-refractivity contribution < 1.29 is 29.6 Å². The molecular weight excluding hydrogens is 231 g/mol. The second kappa shape index (κ2) is 5.40. The Morgan fingerprint density at radius 3 is 2.25 bits per heavy atom. The van der Waals surface area contributed by atoms with E-state index >= 15 is 0 Å². The molecule has 0 atom stereocenters. The summed E-state index contributed by atoms with van der Waals surface area (Å²) >= 11 is 0. The molecule has 0 amide bonds. The molecule has 0 aliphatic rings. The number of phenolic OH excluding ortho intramolecular Hbond substituents is 2. The molecule has 16 heavy (non-hydrogen) atoms. The quantitative estimate of drug-likeness (QED) is 0.297. The number of carboxylic acids is 1. The molecule has 6 nitrogen and oxygen atoms in total. The van der Waals surface area contributed by atoms with Crippen molar-refractivity contribution in [3.63, 3.8) is 0 Å². The van der Waals surface area contributed by atoms with E-state index in [-0.39, 0.29) is 17.4 Å². The van der Waals surface area contributed by atoms with Gasteiger partial charge >= 0.3 is 11.9 Å². The minimum absolute atomic E-state index is 0. The molecule has 0 spiro atoms. The number of carbonyl (C=O) groups is 2. The summed E-state index contributed by atoms with van der Waals surface area (Å²) in [5, 5.41) is 27.1. The van der Waals surface area contributed by atoms with Crippen molar-refractivity contribution in [1.29, 1.82) is 0 Å². The number of carboxylic acid groups (broad SMARTS) is 1. The highest BCUT2D eigenvalue weighted by Gasteiger charge is 2.19. The van der Waals surface area contributed by atoms with Crippen molar-refractivity contribution in [3.8, 4) is 17.2 Å². The Balaban J connectivity index is 0.00000225. The van der Waals surface area contributed by atoms with E-state index in [2.05, 4.69) is 4.74 Å². The summed E-state index contributed by atoms with van der Waals surface area (Å²) in [6.45, 7) is 1.05. The van der Waals surface area contributed by atoms with Crippen LogP contribution < -0.4 is 4.74 Å². The van der Waals surface area contributed by atoms with Gasteiger partial charge in [0.2, 0.25) is 5.75 Å². The molecule has 0 unspecified atom stereocenters. The first-order valence-electron chi connectivity index (χ1n) is 3.90. The molecule has 1 aromatic rings. The van der Waals surface area contributed by atoms with Crippen LogP contribution in [0.15, 0.2) is 12.1 Å². The molecule has 3 radical (unpaired) electrons. The smallest absolute Gasteiger partial charge is 0.339 e. The fraction of sp³-hybridized carbons (Fsp3) is 0.111. The van der Waals surface area contributed by atoms with Crippen LogP contribution in [0.2, 0.25) is 0 Å². The highest BCUT2D eigenvalue weighted by atomic mass is 27.0. The van der Waals surface area contributed by atoms with Crippen LogP contribution in [0.4, 0.5) is 0 Å². The number of aromatic carboxylic acids is 1. The predicted octanol–water partition coefficient (Wildman–Crippen LogP) is 0.340. The van der Waals surface area contributed by atoms with Crippen molar-refractivity contribution in [2.45, 2.75) is 6.92 Å². The lowest BCUT2D eigenvalue weighted by Crippen LogP contribution is -2.07. The molecule has 1 aromatic carbocycles. The Hall–Kier alpha value is -1.71. The third kappa shape index (κ3) is 2.89. The molecule has 0 fully saturated rings. The summed E-state index contributed by atoms with van der Waals surface area (Å²) in [5.74, 6) is -4.06. The number of carbonyl (C=O) groups excluding carboxylic acids is 1. The largest absolute Gasteiger partial charge is 0.504 e. The zero-order valence-corrected chi connectivity index (χ0v) is 9.45. The van der Waals surface area contributed by atoms with E-state index in [0.29, 0.717) is 0 Å². The van der Waals surface area contributed by atoms with E-state index in [1.807, 2.05) is 0 Å². The van der Waals surface area contributed by atoms with Gasteiger partial charge in [0, 0.05) is 24.3 Å². The third-order valence-corrected chi connectivity index (χ3v) is 1.59. The molecule has 0 saturated carbocycles. The standard InChI is InChI=1S/C9H8O6.Al/c1-4(10)15-8-5(9(13)14)2-3-6(11)7(8)12;/h2-3,11-12H,1H3,(H,13,14);. The maximum absolute atomic E-state index is 10.7. The fourth-order valence-corrected chi connectivity index (χ4v) is 0.976. The highest BCUT2D eigenvalue weighted by molar-refractivity contribution is 5.93. The monoisotopic (exact) mass is 239 g/mol. The molecule has 0 heterocycles. The van der Waals surface area contributed by atoms with E-state index in [4.69, 9.17) is 10.2 Å². The van der Waals surface area contributed by atoms with Gasteiger partial charge < -0.3 is 20.1 Å². The number of hydrogen-bond acceptors (Lipinski definition) is 5. The van der Waals surface area contributed by atoms with Crippen LogP contribution in [0, 0.1) is 0 Å². The Labute approximate surface area is 101 Å². The molecule has 0 aliphatic carbocycles. The first kappa shape index (κ1) is 14.3. The van der Waals surface area contributed by atoms with Gasteiger partial charge in [0.15, 0.2) is 11.5 Å². The van der Waals surface area contributed by atoms with Crippen LogP contribution in [0.3, 0.4) is 0 Å². The Morgan fingerprint density at radius 1 is 1.25 bits per heavy atom. The van der Waals surface area contributed by atoms with Gasteiger partial charge in [-0.15, -0.1) is 0 Å². The number of rotatable bonds is 2. The molecular formula is C9H8AlO6. The zero-order chi connectivity index (χ0) is 11.6. The van der Waals surface area contributed by atoms with Gasteiger partial charge in [0.1, 0.15) is 5.56 Å². The SMILES string of the molecule is CC(=O)Oc1c(C(=O)O)ccc(O)c1O.[Al].